The van der Waals surface area contributed by atoms with Crippen molar-refractivity contribution in [1.82, 2.24) is 9.97 Å². The van der Waals surface area contributed by atoms with Gasteiger partial charge in [-0.2, -0.15) is 0 Å². The Bertz CT molecular complexity index is 588. The van der Waals surface area contributed by atoms with Crippen LogP contribution < -0.4 is 0 Å². The van der Waals surface area contributed by atoms with Crippen LogP contribution >= 0.6 is 0 Å². The lowest BCUT2D eigenvalue weighted by atomic mass is 10.1. The molecular weight excluding hydrogens is 232 g/mol. The zero-order valence-electron chi connectivity index (χ0n) is 10.1. The summed E-state index contributed by atoms with van der Waals surface area (Å²) in [6, 6.07) is 3.25. The molecule has 0 saturated heterocycles. The molecule has 18 heavy (non-hydrogen) atoms. The third-order valence-corrected chi connectivity index (χ3v) is 2.48. The van der Waals surface area contributed by atoms with Gasteiger partial charge in [-0.3, -0.25) is 9.59 Å². The summed E-state index contributed by atoms with van der Waals surface area (Å²) < 4.78 is 5.26. The zero-order chi connectivity index (χ0) is 13.1. The van der Waals surface area contributed by atoms with Crippen molar-refractivity contribution >= 4 is 11.6 Å². The number of carbonyl (C=O) groups excluding carboxylic acids is 2. The van der Waals surface area contributed by atoms with Crippen molar-refractivity contribution in [3.05, 3.63) is 47.4 Å². The molecule has 0 aromatic carbocycles. The van der Waals surface area contributed by atoms with Crippen LogP contribution in [0.4, 0.5) is 0 Å². The molecule has 0 aliphatic rings. The Kier molecular flexibility index (Phi) is 3.32. The Hall–Kier alpha value is -2.30. The van der Waals surface area contributed by atoms with E-state index in [0.29, 0.717) is 17.1 Å². The Balaban J connectivity index is 2.13. The lowest BCUT2D eigenvalue weighted by molar-refractivity contribution is 0.0887. The van der Waals surface area contributed by atoms with Crippen molar-refractivity contribution in [2.75, 3.05) is 0 Å². The molecule has 5 nitrogen and oxygen atoms in total. The lowest BCUT2D eigenvalue weighted by Crippen LogP contribution is -2.11. The average molecular weight is 244 g/mol. The van der Waals surface area contributed by atoms with Gasteiger partial charge < -0.3 is 4.42 Å². The van der Waals surface area contributed by atoms with Crippen LogP contribution in [0.1, 0.15) is 38.9 Å². The van der Waals surface area contributed by atoms with Crippen LogP contribution in [-0.2, 0) is 0 Å². The van der Waals surface area contributed by atoms with E-state index < -0.39 is 0 Å². The highest BCUT2D eigenvalue weighted by Crippen LogP contribution is 2.16. The summed E-state index contributed by atoms with van der Waals surface area (Å²) in [5, 5.41) is 0. The Morgan fingerprint density at radius 1 is 1.17 bits per heavy atom. The molecule has 2 aromatic rings. The number of carbonyl (C=O) groups is 2. The fraction of sp³-hybridized carbons (Fsp3) is 0.231. The standard InChI is InChI=1S/C13H12N2O3/c1-8-6-10(9(2)18-8)11(16)7-12(17)13-14-4-3-5-15-13/h3-6H,7H2,1-2H3. The molecule has 0 amide bonds. The number of hydrogen-bond acceptors (Lipinski definition) is 5. The first-order chi connectivity index (χ1) is 8.58. The SMILES string of the molecule is Cc1cc(C(=O)CC(=O)c2ncccn2)c(C)o1. The highest BCUT2D eigenvalue weighted by molar-refractivity contribution is 6.12. The molecule has 0 aliphatic carbocycles. The first kappa shape index (κ1) is 12.2. The highest BCUT2D eigenvalue weighted by Gasteiger charge is 2.19. The Labute approximate surface area is 104 Å². The van der Waals surface area contributed by atoms with E-state index in [0.717, 1.165) is 0 Å². The van der Waals surface area contributed by atoms with Gasteiger partial charge in [0.2, 0.25) is 5.78 Å². The maximum atomic E-state index is 11.9. The number of nitrogens with zero attached hydrogens (tertiary/aromatic N) is 2. The van der Waals surface area contributed by atoms with Crippen LogP contribution in [0.15, 0.2) is 28.9 Å². The van der Waals surface area contributed by atoms with Gasteiger partial charge in [0.25, 0.3) is 0 Å². The number of furan rings is 1. The number of hydrogen-bond donors (Lipinski definition) is 0. The highest BCUT2D eigenvalue weighted by atomic mass is 16.3. The predicted octanol–water partition coefficient (Wildman–Crippen LogP) is 2.14. The van der Waals surface area contributed by atoms with Gasteiger partial charge in [-0.05, 0) is 26.0 Å². The van der Waals surface area contributed by atoms with Crippen molar-refractivity contribution in [2.24, 2.45) is 0 Å². The van der Waals surface area contributed by atoms with E-state index in [2.05, 4.69) is 9.97 Å². The van der Waals surface area contributed by atoms with E-state index >= 15 is 0 Å². The molecular formula is C13H12N2O3. The number of rotatable bonds is 4. The molecule has 2 heterocycles. The van der Waals surface area contributed by atoms with E-state index in [4.69, 9.17) is 4.42 Å². The minimum atomic E-state index is -0.390. The second-order valence-corrected chi connectivity index (χ2v) is 3.92. The summed E-state index contributed by atoms with van der Waals surface area (Å²) in [5.74, 6) is 0.572. The van der Waals surface area contributed by atoms with Crippen molar-refractivity contribution < 1.29 is 14.0 Å². The molecule has 92 valence electrons. The predicted molar refractivity (Wildman–Crippen MR) is 63.5 cm³/mol. The van der Waals surface area contributed by atoms with Gasteiger partial charge >= 0.3 is 0 Å². The number of aromatic nitrogens is 2. The zero-order valence-corrected chi connectivity index (χ0v) is 10.1. The van der Waals surface area contributed by atoms with Gasteiger partial charge in [0, 0.05) is 12.4 Å². The molecule has 0 aliphatic heterocycles. The summed E-state index contributed by atoms with van der Waals surface area (Å²) >= 11 is 0. The van der Waals surface area contributed by atoms with Crippen molar-refractivity contribution in [2.45, 2.75) is 20.3 Å². The van der Waals surface area contributed by atoms with Crippen molar-refractivity contribution in [3.8, 4) is 0 Å². The molecule has 2 rings (SSSR count). The monoisotopic (exact) mass is 244 g/mol. The fourth-order valence-corrected chi connectivity index (χ4v) is 1.67. The molecule has 0 saturated carbocycles. The normalized spacial score (nSPS) is 10.3. The molecule has 2 aromatic heterocycles. The Morgan fingerprint density at radius 3 is 2.39 bits per heavy atom. The van der Waals surface area contributed by atoms with Gasteiger partial charge in [-0.15, -0.1) is 0 Å². The summed E-state index contributed by atoms with van der Waals surface area (Å²) in [6.45, 7) is 3.45. The third-order valence-electron chi connectivity index (χ3n) is 2.48. The van der Waals surface area contributed by atoms with Crippen molar-refractivity contribution in [1.29, 1.82) is 0 Å². The van der Waals surface area contributed by atoms with Gasteiger partial charge in [-0.1, -0.05) is 0 Å². The van der Waals surface area contributed by atoms with Crippen LogP contribution in [0.3, 0.4) is 0 Å². The molecule has 0 bridgehead atoms. The lowest BCUT2D eigenvalue weighted by Gasteiger charge is -1.98. The van der Waals surface area contributed by atoms with Gasteiger partial charge in [0.1, 0.15) is 11.5 Å². The van der Waals surface area contributed by atoms with Crippen LogP contribution in [0, 0.1) is 13.8 Å². The Morgan fingerprint density at radius 2 is 1.83 bits per heavy atom. The quantitative estimate of drug-likeness (QED) is 0.608. The number of Topliss-reactive ketones (excluding diaryl/α,β-unsaturated/α-hetero) is 2. The molecule has 0 fully saturated rings. The molecule has 0 N–H and O–H groups in total. The molecule has 0 atom stereocenters. The summed E-state index contributed by atoms with van der Waals surface area (Å²) in [7, 11) is 0. The maximum absolute atomic E-state index is 11.9. The van der Waals surface area contributed by atoms with E-state index in [1.165, 1.54) is 12.4 Å². The van der Waals surface area contributed by atoms with E-state index in [1.54, 1.807) is 26.0 Å². The van der Waals surface area contributed by atoms with Crippen LogP contribution in [-0.4, -0.2) is 21.5 Å². The molecule has 0 radical (unpaired) electrons. The second kappa shape index (κ2) is 4.91. The largest absolute Gasteiger partial charge is 0.466 e. The second-order valence-electron chi connectivity index (χ2n) is 3.92. The fourth-order valence-electron chi connectivity index (χ4n) is 1.67. The van der Waals surface area contributed by atoms with E-state index in [1.807, 2.05) is 0 Å². The molecule has 0 unspecified atom stereocenters. The van der Waals surface area contributed by atoms with E-state index in [-0.39, 0.29) is 23.8 Å². The first-order valence-corrected chi connectivity index (χ1v) is 5.48. The first-order valence-electron chi connectivity index (χ1n) is 5.48. The minimum Gasteiger partial charge on any atom is -0.466 e. The van der Waals surface area contributed by atoms with E-state index in [9.17, 15) is 9.59 Å². The molecule has 0 spiro atoms. The van der Waals surface area contributed by atoms with Crippen LogP contribution in [0.25, 0.3) is 0 Å². The molecule has 5 heteroatoms. The smallest absolute Gasteiger partial charge is 0.207 e. The van der Waals surface area contributed by atoms with Crippen molar-refractivity contribution in [3.63, 3.8) is 0 Å². The summed E-state index contributed by atoms with van der Waals surface area (Å²) in [4.78, 5) is 31.3. The summed E-state index contributed by atoms with van der Waals surface area (Å²) in [5.41, 5.74) is 0.441. The third kappa shape index (κ3) is 2.51. The van der Waals surface area contributed by atoms with Gasteiger partial charge in [-0.25, -0.2) is 9.97 Å². The average Bonchev–Trinajstić information content (AvgIpc) is 2.69. The topological polar surface area (TPSA) is 73.1 Å². The maximum Gasteiger partial charge on any atom is 0.207 e. The van der Waals surface area contributed by atoms with Gasteiger partial charge in [0.05, 0.1) is 12.0 Å². The van der Waals surface area contributed by atoms with Crippen LogP contribution in [0.5, 0.6) is 0 Å². The minimum absolute atomic E-state index is 0.0590. The summed E-state index contributed by atoms with van der Waals surface area (Å²) in [6.07, 6.45) is 2.69. The number of ketones is 2. The number of aryl methyl sites for hydroxylation is 2. The van der Waals surface area contributed by atoms with Gasteiger partial charge in [0.15, 0.2) is 11.6 Å². The van der Waals surface area contributed by atoms with Crippen LogP contribution in [0.2, 0.25) is 0 Å².